The number of rotatable bonds is 3. The average molecular weight is 451 g/mol. The fourth-order valence-electron chi connectivity index (χ4n) is 3.63. The number of carbonyl (C=O) groups excluding carboxylic acids is 2. The highest BCUT2D eigenvalue weighted by Gasteiger charge is 2.28. The van der Waals surface area contributed by atoms with Crippen molar-refractivity contribution in [3.63, 3.8) is 0 Å². The Bertz CT molecular complexity index is 1280. The molecule has 3 rings (SSSR count). The molecule has 2 aromatic carbocycles. The first-order chi connectivity index (χ1) is 15.3. The van der Waals surface area contributed by atoms with E-state index in [1.807, 2.05) is 53.7 Å². The van der Waals surface area contributed by atoms with Gasteiger partial charge in [0.25, 0.3) is 5.91 Å². The van der Waals surface area contributed by atoms with E-state index in [9.17, 15) is 14.4 Å². The van der Waals surface area contributed by atoms with Crippen LogP contribution in [0.4, 0.5) is 10.5 Å². The second kappa shape index (κ2) is 8.73. The molecule has 1 amide bonds. The molecule has 0 spiro atoms. The molecule has 174 valence electrons. The largest absolute Gasteiger partial charge is 0.513 e. The van der Waals surface area contributed by atoms with Crippen LogP contribution >= 0.6 is 0 Å². The smallest absolute Gasteiger partial charge is 0.437 e. The lowest BCUT2D eigenvalue weighted by Crippen LogP contribution is -2.25. The van der Waals surface area contributed by atoms with Crippen molar-refractivity contribution in [1.82, 2.24) is 4.98 Å². The number of nitrogens with one attached hydrogen (secondary N) is 2. The summed E-state index contributed by atoms with van der Waals surface area (Å²) in [7, 11) is 1.23. The number of amides is 1. The number of methoxy groups -OCH3 is 1. The minimum absolute atomic E-state index is 0.0103. The molecule has 0 aliphatic heterocycles. The summed E-state index contributed by atoms with van der Waals surface area (Å²) in [6.07, 6.45) is 0.554. The number of aromatic amines is 1. The van der Waals surface area contributed by atoms with E-state index < -0.39 is 12.1 Å². The number of H-pyrrole nitrogens is 1. The van der Waals surface area contributed by atoms with E-state index in [1.54, 1.807) is 24.3 Å². The van der Waals surface area contributed by atoms with Crippen molar-refractivity contribution in [2.45, 2.75) is 52.4 Å². The number of benzene rings is 2. The van der Waals surface area contributed by atoms with Crippen LogP contribution in [0.3, 0.4) is 0 Å². The van der Waals surface area contributed by atoms with Gasteiger partial charge in [0.1, 0.15) is 11.3 Å². The van der Waals surface area contributed by atoms with E-state index in [-0.39, 0.29) is 27.6 Å². The van der Waals surface area contributed by atoms with E-state index in [0.29, 0.717) is 16.6 Å². The summed E-state index contributed by atoms with van der Waals surface area (Å²) in [6.45, 7) is 12.1. The van der Waals surface area contributed by atoms with Crippen LogP contribution in [0.2, 0.25) is 0 Å². The molecule has 3 aromatic rings. The van der Waals surface area contributed by atoms with E-state index in [4.69, 9.17) is 4.74 Å². The Kier molecular flexibility index (Phi) is 6.36. The topological polar surface area (TPSA) is 97.5 Å². The molecule has 7 heteroatoms. The normalized spacial score (nSPS) is 11.8. The van der Waals surface area contributed by atoms with E-state index >= 15 is 0 Å². The highest BCUT2D eigenvalue weighted by Crippen LogP contribution is 2.40. The molecular formula is C26H30N2O5. The first-order valence-electron chi connectivity index (χ1n) is 10.7. The number of anilines is 1. The Morgan fingerprint density at radius 2 is 1.58 bits per heavy atom. The molecule has 1 heterocycles. The van der Waals surface area contributed by atoms with Crippen molar-refractivity contribution in [2.24, 2.45) is 0 Å². The summed E-state index contributed by atoms with van der Waals surface area (Å²) >= 11 is 0. The highest BCUT2D eigenvalue weighted by molar-refractivity contribution is 6.06. The molecule has 0 aliphatic carbocycles. The third-order valence-corrected chi connectivity index (χ3v) is 5.38. The van der Waals surface area contributed by atoms with Crippen LogP contribution in [-0.4, -0.2) is 24.2 Å². The molecule has 0 unspecified atom stereocenters. The predicted octanol–water partition coefficient (Wildman–Crippen LogP) is 5.52. The number of para-hydroxylation sites is 1. The third kappa shape index (κ3) is 5.08. The van der Waals surface area contributed by atoms with Crippen LogP contribution in [0.15, 0.2) is 47.4 Å². The van der Waals surface area contributed by atoms with Gasteiger partial charge in [-0.05, 0) is 34.6 Å². The maximum Gasteiger partial charge on any atom is 0.513 e. The minimum atomic E-state index is -0.854. The van der Waals surface area contributed by atoms with Gasteiger partial charge in [-0.25, -0.2) is 4.79 Å². The van der Waals surface area contributed by atoms with Gasteiger partial charge in [0.15, 0.2) is 0 Å². The summed E-state index contributed by atoms with van der Waals surface area (Å²) < 4.78 is 10.1. The number of carbonyl (C=O) groups is 2. The summed E-state index contributed by atoms with van der Waals surface area (Å²) in [6, 6.07) is 10.6. The van der Waals surface area contributed by atoms with Crippen LogP contribution in [0.5, 0.6) is 5.75 Å². The number of fused-ring (bicyclic) bond motifs is 1. The van der Waals surface area contributed by atoms with E-state index in [2.05, 4.69) is 15.0 Å². The maximum absolute atomic E-state index is 13.2. The number of ether oxygens (including phenoxy) is 2. The molecule has 0 radical (unpaired) electrons. The summed E-state index contributed by atoms with van der Waals surface area (Å²) in [5.74, 6) is -0.273. The zero-order valence-corrected chi connectivity index (χ0v) is 20.1. The quantitative estimate of drug-likeness (QED) is 0.404. The van der Waals surface area contributed by atoms with Gasteiger partial charge < -0.3 is 19.8 Å². The van der Waals surface area contributed by atoms with E-state index in [0.717, 1.165) is 11.1 Å². The van der Waals surface area contributed by atoms with Gasteiger partial charge in [-0.1, -0.05) is 53.7 Å². The molecule has 0 fully saturated rings. The van der Waals surface area contributed by atoms with Crippen molar-refractivity contribution >= 4 is 28.7 Å². The Labute approximate surface area is 193 Å². The fourth-order valence-corrected chi connectivity index (χ4v) is 3.63. The maximum atomic E-state index is 13.2. The number of hydrogen-bond acceptors (Lipinski definition) is 5. The Balaban J connectivity index is 2.14. The molecule has 0 bridgehead atoms. The first kappa shape index (κ1) is 24.0. The monoisotopic (exact) mass is 450 g/mol. The number of aromatic nitrogens is 1. The van der Waals surface area contributed by atoms with Gasteiger partial charge >= 0.3 is 6.16 Å². The van der Waals surface area contributed by atoms with Crippen molar-refractivity contribution in [2.75, 3.05) is 12.4 Å². The predicted molar refractivity (Wildman–Crippen MR) is 129 cm³/mol. The summed E-state index contributed by atoms with van der Waals surface area (Å²) in [5.41, 5.74) is 1.67. The number of hydrogen-bond donors (Lipinski definition) is 2. The minimum Gasteiger partial charge on any atom is -0.437 e. The molecule has 0 aliphatic rings. The molecule has 0 atom stereocenters. The average Bonchev–Trinajstić information content (AvgIpc) is 2.72. The Morgan fingerprint density at radius 3 is 2.18 bits per heavy atom. The number of pyridine rings is 1. The van der Waals surface area contributed by atoms with Crippen LogP contribution < -0.4 is 15.5 Å². The van der Waals surface area contributed by atoms with Crippen LogP contribution in [-0.2, 0) is 15.6 Å². The van der Waals surface area contributed by atoms with Gasteiger partial charge in [-0.3, -0.25) is 9.59 Å². The second-order valence-corrected chi connectivity index (χ2v) is 9.98. The summed E-state index contributed by atoms with van der Waals surface area (Å²) in [5, 5.41) is 3.29. The van der Waals surface area contributed by atoms with Gasteiger partial charge in [0, 0.05) is 34.4 Å². The zero-order chi connectivity index (χ0) is 24.6. The molecular weight excluding hydrogens is 420 g/mol. The molecule has 0 saturated heterocycles. The lowest BCUT2D eigenvalue weighted by molar-refractivity contribution is 0.102. The standard InChI is InChI=1S/C26H30N2O5/c1-25(2,3)17-12-18(26(4,5)6)21(33-24(31)32-7)13-20(17)28-23(30)16-14-27-19-11-9-8-10-15(19)22(16)29/h8-14H,1-7H3,(H,27,29)(H,28,30). The Morgan fingerprint density at radius 1 is 0.939 bits per heavy atom. The SMILES string of the molecule is COC(=O)Oc1cc(NC(=O)c2c[nH]c3ccccc3c2=O)c(C(C)(C)C)cc1C(C)(C)C. The van der Waals surface area contributed by atoms with Crippen LogP contribution in [0.1, 0.15) is 63.0 Å². The summed E-state index contributed by atoms with van der Waals surface area (Å²) in [4.78, 5) is 41.0. The third-order valence-electron chi connectivity index (χ3n) is 5.38. The van der Waals surface area contributed by atoms with E-state index in [1.165, 1.54) is 13.3 Å². The van der Waals surface area contributed by atoms with Crippen molar-refractivity contribution in [1.29, 1.82) is 0 Å². The van der Waals surface area contributed by atoms with Gasteiger partial charge in [0.05, 0.1) is 7.11 Å². The molecule has 1 aromatic heterocycles. The fraction of sp³-hybridized carbons (Fsp3) is 0.346. The highest BCUT2D eigenvalue weighted by atomic mass is 16.7. The lowest BCUT2D eigenvalue weighted by atomic mass is 9.79. The van der Waals surface area contributed by atoms with Crippen molar-refractivity contribution < 1.29 is 19.1 Å². The molecule has 2 N–H and O–H groups in total. The second-order valence-electron chi connectivity index (χ2n) is 9.98. The molecule has 7 nitrogen and oxygen atoms in total. The van der Waals surface area contributed by atoms with Crippen molar-refractivity contribution in [3.05, 3.63) is 69.5 Å². The lowest BCUT2D eigenvalue weighted by Gasteiger charge is -2.29. The zero-order valence-electron chi connectivity index (χ0n) is 20.1. The van der Waals surface area contributed by atoms with Crippen molar-refractivity contribution in [3.8, 4) is 5.75 Å². The molecule has 0 saturated carbocycles. The first-order valence-corrected chi connectivity index (χ1v) is 10.7. The Hall–Kier alpha value is -3.61. The van der Waals surface area contributed by atoms with Gasteiger partial charge in [-0.15, -0.1) is 0 Å². The molecule has 33 heavy (non-hydrogen) atoms. The van der Waals surface area contributed by atoms with Crippen LogP contribution in [0.25, 0.3) is 10.9 Å². The van der Waals surface area contributed by atoms with Gasteiger partial charge in [-0.2, -0.15) is 0 Å². The van der Waals surface area contributed by atoms with Crippen LogP contribution in [0, 0.1) is 0 Å². The van der Waals surface area contributed by atoms with Gasteiger partial charge in [0.2, 0.25) is 5.43 Å².